The molecule has 2 aromatic rings. The minimum atomic E-state index is 0.458. The zero-order chi connectivity index (χ0) is 10.8. The van der Waals surface area contributed by atoms with Crippen molar-refractivity contribution in [1.82, 2.24) is 4.57 Å². The van der Waals surface area contributed by atoms with Crippen LogP contribution >= 0.6 is 11.6 Å². The Morgan fingerprint density at radius 1 is 1.40 bits per heavy atom. The first-order chi connectivity index (χ1) is 7.26. The molecule has 0 aliphatic heterocycles. The molecule has 1 heterocycles. The van der Waals surface area contributed by atoms with E-state index in [0.29, 0.717) is 6.42 Å². The van der Waals surface area contributed by atoms with Crippen molar-refractivity contribution >= 4 is 28.8 Å². The SMILES string of the molecule is CCn1c(CC=O)cc2ccc(Cl)cc21. The van der Waals surface area contributed by atoms with E-state index in [0.717, 1.165) is 34.5 Å². The summed E-state index contributed by atoms with van der Waals surface area (Å²) in [5.74, 6) is 0. The van der Waals surface area contributed by atoms with Gasteiger partial charge < -0.3 is 9.36 Å². The Kier molecular flexibility index (Phi) is 2.78. The number of halogens is 1. The van der Waals surface area contributed by atoms with Crippen molar-refractivity contribution < 1.29 is 4.79 Å². The van der Waals surface area contributed by atoms with Crippen molar-refractivity contribution in [3.63, 3.8) is 0 Å². The number of nitrogens with zero attached hydrogens (tertiary/aromatic N) is 1. The van der Waals surface area contributed by atoms with Gasteiger partial charge in [-0.15, -0.1) is 0 Å². The molecule has 0 aliphatic rings. The van der Waals surface area contributed by atoms with Crippen LogP contribution in [-0.4, -0.2) is 10.9 Å². The lowest BCUT2D eigenvalue weighted by Gasteiger charge is -2.05. The predicted molar refractivity (Wildman–Crippen MR) is 62.4 cm³/mol. The van der Waals surface area contributed by atoms with Gasteiger partial charge in [0, 0.05) is 29.2 Å². The van der Waals surface area contributed by atoms with Gasteiger partial charge in [-0.05, 0) is 30.5 Å². The van der Waals surface area contributed by atoms with Crippen molar-refractivity contribution in [2.75, 3.05) is 0 Å². The third kappa shape index (κ3) is 1.77. The van der Waals surface area contributed by atoms with Crippen LogP contribution in [0.15, 0.2) is 24.3 Å². The molecule has 78 valence electrons. The normalized spacial score (nSPS) is 10.8. The summed E-state index contributed by atoms with van der Waals surface area (Å²) in [6.07, 6.45) is 1.39. The molecule has 0 radical (unpaired) electrons. The number of benzene rings is 1. The molecule has 0 bridgehead atoms. The highest BCUT2D eigenvalue weighted by atomic mass is 35.5. The topological polar surface area (TPSA) is 22.0 Å². The third-order valence-corrected chi connectivity index (χ3v) is 2.80. The molecule has 2 nitrogen and oxygen atoms in total. The summed E-state index contributed by atoms with van der Waals surface area (Å²) in [6, 6.07) is 7.84. The fourth-order valence-electron chi connectivity index (χ4n) is 1.91. The van der Waals surface area contributed by atoms with Gasteiger partial charge in [0.15, 0.2) is 0 Å². The number of fused-ring (bicyclic) bond motifs is 1. The Labute approximate surface area is 93.5 Å². The molecule has 1 aromatic heterocycles. The standard InChI is InChI=1S/C12H12ClNO/c1-2-14-11(5-6-15)7-9-3-4-10(13)8-12(9)14/h3-4,6-8H,2,5H2,1H3. The van der Waals surface area contributed by atoms with E-state index < -0.39 is 0 Å². The Hall–Kier alpha value is -1.28. The molecule has 0 amide bonds. The second-order valence-corrected chi connectivity index (χ2v) is 3.89. The molecule has 3 heteroatoms. The highest BCUT2D eigenvalue weighted by Crippen LogP contribution is 2.23. The zero-order valence-corrected chi connectivity index (χ0v) is 9.29. The molecule has 15 heavy (non-hydrogen) atoms. The van der Waals surface area contributed by atoms with E-state index in [1.807, 2.05) is 24.3 Å². The van der Waals surface area contributed by atoms with Crippen LogP contribution in [0.4, 0.5) is 0 Å². The molecule has 0 saturated carbocycles. The highest BCUT2D eigenvalue weighted by Gasteiger charge is 2.06. The van der Waals surface area contributed by atoms with E-state index in [2.05, 4.69) is 11.5 Å². The van der Waals surface area contributed by atoms with Crippen molar-refractivity contribution in [3.05, 3.63) is 35.0 Å². The van der Waals surface area contributed by atoms with Crippen LogP contribution in [0.1, 0.15) is 12.6 Å². The summed E-state index contributed by atoms with van der Waals surface area (Å²) in [7, 11) is 0. The molecule has 0 unspecified atom stereocenters. The fraction of sp³-hybridized carbons (Fsp3) is 0.250. The Morgan fingerprint density at radius 3 is 2.87 bits per heavy atom. The van der Waals surface area contributed by atoms with Gasteiger partial charge in [-0.2, -0.15) is 0 Å². The largest absolute Gasteiger partial charge is 0.344 e. The molecule has 2 rings (SSSR count). The molecule has 0 N–H and O–H groups in total. The van der Waals surface area contributed by atoms with E-state index in [4.69, 9.17) is 11.6 Å². The van der Waals surface area contributed by atoms with Gasteiger partial charge >= 0.3 is 0 Å². The summed E-state index contributed by atoms with van der Waals surface area (Å²) in [5.41, 5.74) is 2.15. The first-order valence-corrected chi connectivity index (χ1v) is 5.35. The maximum Gasteiger partial charge on any atom is 0.125 e. The average molecular weight is 222 g/mol. The number of rotatable bonds is 3. The first kappa shape index (κ1) is 10.2. The van der Waals surface area contributed by atoms with Crippen molar-refractivity contribution in [3.8, 4) is 0 Å². The summed E-state index contributed by atoms with van der Waals surface area (Å²) in [6.45, 7) is 2.92. The lowest BCUT2D eigenvalue weighted by molar-refractivity contribution is -0.107. The first-order valence-electron chi connectivity index (χ1n) is 4.97. The number of carbonyl (C=O) groups is 1. The minimum Gasteiger partial charge on any atom is -0.344 e. The van der Waals surface area contributed by atoms with E-state index in [1.54, 1.807) is 0 Å². The number of aromatic nitrogens is 1. The average Bonchev–Trinajstić information content (AvgIpc) is 2.55. The van der Waals surface area contributed by atoms with Gasteiger partial charge in [-0.1, -0.05) is 17.7 Å². The Balaban J connectivity index is 2.68. The zero-order valence-electron chi connectivity index (χ0n) is 8.53. The summed E-state index contributed by atoms with van der Waals surface area (Å²) < 4.78 is 2.12. The summed E-state index contributed by atoms with van der Waals surface area (Å²) in [4.78, 5) is 10.5. The van der Waals surface area contributed by atoms with Gasteiger partial charge in [0.05, 0.1) is 0 Å². The lowest BCUT2D eigenvalue weighted by atomic mass is 10.2. The van der Waals surface area contributed by atoms with Crippen LogP contribution in [0.25, 0.3) is 10.9 Å². The van der Waals surface area contributed by atoms with E-state index in [1.165, 1.54) is 0 Å². The van der Waals surface area contributed by atoms with Crippen molar-refractivity contribution in [2.45, 2.75) is 19.9 Å². The Bertz CT molecular complexity index is 502. The van der Waals surface area contributed by atoms with Crippen molar-refractivity contribution in [1.29, 1.82) is 0 Å². The predicted octanol–water partition coefficient (Wildman–Crippen LogP) is 3.06. The number of hydrogen-bond acceptors (Lipinski definition) is 1. The van der Waals surface area contributed by atoms with Gasteiger partial charge in [0.1, 0.15) is 6.29 Å². The van der Waals surface area contributed by atoms with Crippen LogP contribution in [-0.2, 0) is 17.8 Å². The molecule has 0 fully saturated rings. The third-order valence-electron chi connectivity index (χ3n) is 2.56. The van der Waals surface area contributed by atoms with Crippen LogP contribution in [0.5, 0.6) is 0 Å². The Morgan fingerprint density at radius 2 is 2.20 bits per heavy atom. The number of hydrogen-bond donors (Lipinski definition) is 0. The molecule has 0 aliphatic carbocycles. The quantitative estimate of drug-likeness (QED) is 0.731. The van der Waals surface area contributed by atoms with E-state index >= 15 is 0 Å². The summed E-state index contributed by atoms with van der Waals surface area (Å²) >= 11 is 5.95. The van der Waals surface area contributed by atoms with Gasteiger partial charge in [0.25, 0.3) is 0 Å². The van der Waals surface area contributed by atoms with Gasteiger partial charge in [0.2, 0.25) is 0 Å². The number of carbonyl (C=O) groups excluding carboxylic acids is 1. The maximum absolute atomic E-state index is 10.5. The number of aryl methyl sites for hydroxylation is 1. The number of aldehydes is 1. The fourth-order valence-corrected chi connectivity index (χ4v) is 2.08. The second-order valence-electron chi connectivity index (χ2n) is 3.45. The maximum atomic E-state index is 10.5. The van der Waals surface area contributed by atoms with E-state index in [9.17, 15) is 4.79 Å². The molecule has 0 atom stereocenters. The molecular formula is C12H12ClNO. The summed E-state index contributed by atoms with van der Waals surface area (Å²) in [5, 5.41) is 1.87. The monoisotopic (exact) mass is 221 g/mol. The highest BCUT2D eigenvalue weighted by molar-refractivity contribution is 6.31. The van der Waals surface area contributed by atoms with E-state index in [-0.39, 0.29) is 0 Å². The van der Waals surface area contributed by atoms with Crippen LogP contribution in [0, 0.1) is 0 Å². The van der Waals surface area contributed by atoms with Crippen molar-refractivity contribution in [2.24, 2.45) is 0 Å². The van der Waals surface area contributed by atoms with Gasteiger partial charge in [-0.25, -0.2) is 0 Å². The van der Waals surface area contributed by atoms with Crippen LogP contribution in [0.3, 0.4) is 0 Å². The molecule has 1 aromatic carbocycles. The second kappa shape index (κ2) is 4.07. The molecular weight excluding hydrogens is 210 g/mol. The smallest absolute Gasteiger partial charge is 0.125 e. The molecule has 0 saturated heterocycles. The van der Waals surface area contributed by atoms with Crippen LogP contribution in [0.2, 0.25) is 5.02 Å². The minimum absolute atomic E-state index is 0.458. The van der Waals surface area contributed by atoms with Gasteiger partial charge in [-0.3, -0.25) is 0 Å². The molecule has 0 spiro atoms. The van der Waals surface area contributed by atoms with Crippen LogP contribution < -0.4 is 0 Å². The lowest BCUT2D eigenvalue weighted by Crippen LogP contribution is -2.00.